The largest absolute Gasteiger partial charge is 0.573 e. The average molecular weight is 402 g/mol. The molecule has 0 N–H and O–H groups in total. The lowest BCUT2D eigenvalue weighted by Gasteiger charge is -2.20. The SMILES string of the molecule is O=C1C(c2ccccc2)=C(N2CCCC2)C(=O)N1c1cccc(OC(F)(F)F)c1. The van der Waals surface area contributed by atoms with E-state index < -0.39 is 23.9 Å². The van der Waals surface area contributed by atoms with Gasteiger partial charge in [-0.2, -0.15) is 0 Å². The Labute approximate surface area is 165 Å². The molecule has 2 aromatic rings. The fourth-order valence-corrected chi connectivity index (χ4v) is 3.67. The van der Waals surface area contributed by atoms with E-state index in [-0.39, 0.29) is 11.3 Å². The third-order valence-corrected chi connectivity index (χ3v) is 4.85. The molecule has 2 aliphatic heterocycles. The number of benzene rings is 2. The van der Waals surface area contributed by atoms with Gasteiger partial charge in [0.25, 0.3) is 11.8 Å². The van der Waals surface area contributed by atoms with Gasteiger partial charge in [0, 0.05) is 19.2 Å². The van der Waals surface area contributed by atoms with Gasteiger partial charge in [-0.1, -0.05) is 36.4 Å². The Bertz CT molecular complexity index is 980. The Morgan fingerprint density at radius 1 is 0.862 bits per heavy atom. The molecule has 0 unspecified atom stereocenters. The van der Waals surface area contributed by atoms with Crippen LogP contribution in [0, 0.1) is 0 Å². The van der Waals surface area contributed by atoms with Gasteiger partial charge < -0.3 is 9.64 Å². The van der Waals surface area contributed by atoms with Crippen LogP contribution in [0.15, 0.2) is 60.3 Å². The molecule has 29 heavy (non-hydrogen) atoms. The molecule has 2 heterocycles. The quantitative estimate of drug-likeness (QED) is 0.727. The number of carbonyl (C=O) groups excluding carboxylic acids is 2. The van der Waals surface area contributed by atoms with Crippen LogP contribution in [0.5, 0.6) is 5.75 Å². The van der Waals surface area contributed by atoms with Crippen molar-refractivity contribution < 1.29 is 27.5 Å². The smallest absolute Gasteiger partial charge is 0.406 e. The van der Waals surface area contributed by atoms with Crippen LogP contribution in [0.2, 0.25) is 0 Å². The molecule has 0 aliphatic carbocycles. The molecule has 0 atom stereocenters. The van der Waals surface area contributed by atoms with Gasteiger partial charge in [-0.15, -0.1) is 13.2 Å². The monoisotopic (exact) mass is 402 g/mol. The highest BCUT2D eigenvalue weighted by Crippen LogP contribution is 2.37. The summed E-state index contributed by atoms with van der Waals surface area (Å²) in [5, 5.41) is 0. The van der Waals surface area contributed by atoms with E-state index >= 15 is 0 Å². The van der Waals surface area contributed by atoms with Gasteiger partial charge in [0.05, 0.1) is 11.3 Å². The van der Waals surface area contributed by atoms with Gasteiger partial charge in [0.15, 0.2) is 0 Å². The molecule has 0 saturated carbocycles. The molecular formula is C21H17F3N2O3. The second kappa shape index (κ2) is 7.27. The topological polar surface area (TPSA) is 49.9 Å². The number of amides is 2. The fourth-order valence-electron chi connectivity index (χ4n) is 3.67. The van der Waals surface area contributed by atoms with Crippen LogP contribution in [0.3, 0.4) is 0 Å². The molecule has 0 radical (unpaired) electrons. The summed E-state index contributed by atoms with van der Waals surface area (Å²) >= 11 is 0. The van der Waals surface area contributed by atoms with E-state index in [1.807, 2.05) is 4.90 Å². The summed E-state index contributed by atoms with van der Waals surface area (Å²) in [4.78, 5) is 29.3. The minimum absolute atomic E-state index is 0.0318. The highest BCUT2D eigenvalue weighted by atomic mass is 19.4. The Morgan fingerprint density at radius 2 is 1.55 bits per heavy atom. The molecule has 1 saturated heterocycles. The molecule has 5 nitrogen and oxygen atoms in total. The number of imide groups is 1. The van der Waals surface area contributed by atoms with Crippen molar-refractivity contribution in [1.29, 1.82) is 0 Å². The van der Waals surface area contributed by atoms with Gasteiger partial charge in [-0.25, -0.2) is 4.90 Å². The van der Waals surface area contributed by atoms with Gasteiger partial charge in [-0.05, 0) is 30.5 Å². The van der Waals surface area contributed by atoms with Crippen molar-refractivity contribution in [2.24, 2.45) is 0 Å². The summed E-state index contributed by atoms with van der Waals surface area (Å²) in [5.41, 5.74) is 1.18. The average Bonchev–Trinajstić information content (AvgIpc) is 3.27. The number of halogens is 3. The maximum atomic E-state index is 13.2. The van der Waals surface area contributed by atoms with Crippen molar-refractivity contribution in [3.05, 3.63) is 65.9 Å². The molecule has 2 aliphatic rings. The first-order valence-electron chi connectivity index (χ1n) is 9.14. The lowest BCUT2D eigenvalue weighted by Crippen LogP contribution is -2.34. The number of anilines is 1. The lowest BCUT2D eigenvalue weighted by molar-refractivity contribution is -0.274. The van der Waals surface area contributed by atoms with Crippen LogP contribution in [-0.2, 0) is 9.59 Å². The van der Waals surface area contributed by atoms with Crippen molar-refractivity contribution >= 4 is 23.1 Å². The molecule has 0 aromatic heterocycles. The summed E-state index contributed by atoms with van der Waals surface area (Å²) in [6.45, 7) is 1.30. The van der Waals surface area contributed by atoms with Crippen LogP contribution in [-0.4, -0.2) is 36.2 Å². The van der Waals surface area contributed by atoms with E-state index in [0.717, 1.165) is 29.9 Å². The summed E-state index contributed by atoms with van der Waals surface area (Å²) in [5.74, 6) is -1.60. The zero-order valence-corrected chi connectivity index (χ0v) is 15.3. The van der Waals surface area contributed by atoms with E-state index in [2.05, 4.69) is 4.74 Å². The number of hydrogen-bond acceptors (Lipinski definition) is 4. The Kier molecular flexibility index (Phi) is 4.77. The van der Waals surface area contributed by atoms with Gasteiger partial charge >= 0.3 is 6.36 Å². The number of hydrogen-bond donors (Lipinski definition) is 0. The van der Waals surface area contributed by atoms with E-state index in [1.165, 1.54) is 12.1 Å². The number of alkyl halides is 3. The number of ether oxygens (including phenoxy) is 1. The zero-order valence-electron chi connectivity index (χ0n) is 15.3. The highest BCUT2D eigenvalue weighted by molar-refractivity contribution is 6.45. The Morgan fingerprint density at radius 3 is 2.21 bits per heavy atom. The molecule has 0 bridgehead atoms. The maximum Gasteiger partial charge on any atom is 0.573 e. The van der Waals surface area contributed by atoms with Gasteiger partial charge in [0.2, 0.25) is 0 Å². The molecule has 0 spiro atoms. The fraction of sp³-hybridized carbons (Fsp3) is 0.238. The molecule has 8 heteroatoms. The Hall–Kier alpha value is -3.29. The van der Waals surface area contributed by atoms with Crippen molar-refractivity contribution in [2.75, 3.05) is 18.0 Å². The van der Waals surface area contributed by atoms with Crippen molar-refractivity contribution in [2.45, 2.75) is 19.2 Å². The van der Waals surface area contributed by atoms with Crippen molar-refractivity contribution in [1.82, 2.24) is 4.90 Å². The van der Waals surface area contributed by atoms with Crippen LogP contribution < -0.4 is 9.64 Å². The van der Waals surface area contributed by atoms with Crippen molar-refractivity contribution in [3.8, 4) is 5.75 Å². The molecule has 4 rings (SSSR count). The first kappa shape index (κ1) is 19.0. The molecule has 150 valence electrons. The van der Waals surface area contributed by atoms with Crippen LogP contribution in [0.4, 0.5) is 18.9 Å². The summed E-state index contributed by atoms with van der Waals surface area (Å²) < 4.78 is 41.6. The highest BCUT2D eigenvalue weighted by Gasteiger charge is 2.43. The number of carbonyl (C=O) groups is 2. The van der Waals surface area contributed by atoms with Crippen LogP contribution in [0.1, 0.15) is 18.4 Å². The molecular weight excluding hydrogens is 385 g/mol. The number of nitrogens with zero attached hydrogens (tertiary/aromatic N) is 2. The Balaban J connectivity index is 1.76. The first-order chi connectivity index (χ1) is 13.8. The standard InChI is InChI=1S/C21H17F3N2O3/c22-21(23,24)29-16-10-6-9-15(13-16)26-19(27)17(14-7-2-1-3-8-14)18(20(26)28)25-11-4-5-12-25/h1-3,6-10,13H,4-5,11-12H2. The van der Waals surface area contributed by atoms with Crippen LogP contribution in [0.25, 0.3) is 5.57 Å². The zero-order chi connectivity index (χ0) is 20.6. The lowest BCUT2D eigenvalue weighted by atomic mass is 10.0. The molecule has 2 aromatic carbocycles. The second-order valence-electron chi connectivity index (χ2n) is 6.77. The van der Waals surface area contributed by atoms with Gasteiger partial charge in [-0.3, -0.25) is 9.59 Å². The summed E-state index contributed by atoms with van der Waals surface area (Å²) in [6, 6.07) is 13.7. The summed E-state index contributed by atoms with van der Waals surface area (Å²) in [7, 11) is 0. The normalized spacial score (nSPS) is 17.5. The van der Waals surface area contributed by atoms with E-state index in [1.54, 1.807) is 30.3 Å². The van der Waals surface area contributed by atoms with E-state index in [9.17, 15) is 22.8 Å². The number of rotatable bonds is 4. The predicted molar refractivity (Wildman–Crippen MR) is 99.8 cm³/mol. The minimum Gasteiger partial charge on any atom is -0.406 e. The second-order valence-corrected chi connectivity index (χ2v) is 6.77. The molecule has 2 amide bonds. The maximum absolute atomic E-state index is 13.2. The predicted octanol–water partition coefficient (Wildman–Crippen LogP) is 3.97. The third kappa shape index (κ3) is 3.70. The summed E-state index contributed by atoms with van der Waals surface area (Å²) in [6.07, 6.45) is -3.06. The van der Waals surface area contributed by atoms with E-state index in [0.29, 0.717) is 24.4 Å². The molecule has 1 fully saturated rings. The first-order valence-corrected chi connectivity index (χ1v) is 9.14. The van der Waals surface area contributed by atoms with E-state index in [4.69, 9.17) is 0 Å². The number of likely N-dealkylation sites (tertiary alicyclic amines) is 1. The van der Waals surface area contributed by atoms with Gasteiger partial charge in [0.1, 0.15) is 11.4 Å². The van der Waals surface area contributed by atoms with Crippen LogP contribution >= 0.6 is 0 Å². The van der Waals surface area contributed by atoms with Crippen molar-refractivity contribution in [3.63, 3.8) is 0 Å². The third-order valence-electron chi connectivity index (χ3n) is 4.85. The minimum atomic E-state index is -4.87.